The van der Waals surface area contributed by atoms with Gasteiger partial charge in [0.15, 0.2) is 0 Å². The largest absolute Gasteiger partial charge is 0.353 e. The molecule has 1 heterocycles. The normalized spacial score (nSPS) is 12.9. The van der Waals surface area contributed by atoms with Crippen molar-refractivity contribution in [3.63, 3.8) is 0 Å². The van der Waals surface area contributed by atoms with E-state index in [-0.39, 0.29) is 11.7 Å². The van der Waals surface area contributed by atoms with Gasteiger partial charge < -0.3 is 4.52 Å². The number of hydrogen-bond acceptors (Lipinski definition) is 3. The van der Waals surface area contributed by atoms with Crippen LogP contribution in [0.1, 0.15) is 30.8 Å². The zero-order valence-electron chi connectivity index (χ0n) is 6.70. The van der Waals surface area contributed by atoms with Crippen molar-refractivity contribution in [1.82, 2.24) is 5.16 Å². The summed E-state index contributed by atoms with van der Waals surface area (Å²) in [6.45, 7) is 3.85. The Balaban J connectivity index is 2.70. The summed E-state index contributed by atoms with van der Waals surface area (Å²) in [7, 11) is 0. The summed E-state index contributed by atoms with van der Waals surface area (Å²) in [5, 5.41) is 3.46. The van der Waals surface area contributed by atoms with Gasteiger partial charge in [-0.1, -0.05) is 19.0 Å². The van der Waals surface area contributed by atoms with E-state index in [0.717, 1.165) is 6.42 Å². The minimum absolute atomic E-state index is 0.0305. The fourth-order valence-corrected chi connectivity index (χ4v) is 0.771. The van der Waals surface area contributed by atoms with E-state index in [2.05, 4.69) is 5.16 Å². The van der Waals surface area contributed by atoms with E-state index in [1.807, 2.05) is 13.8 Å². The first-order chi connectivity index (χ1) is 5.25. The number of carbonyl (C=O) groups excluding carboxylic acids is 1. The van der Waals surface area contributed by atoms with Crippen molar-refractivity contribution >= 4 is 5.78 Å². The number of aromatic nitrogens is 1. The zero-order valence-corrected chi connectivity index (χ0v) is 6.70. The number of rotatable bonds is 3. The zero-order chi connectivity index (χ0) is 8.27. The molecular weight excluding hydrogens is 142 g/mol. The maximum absolute atomic E-state index is 11.3. The number of carbonyl (C=O) groups is 1. The van der Waals surface area contributed by atoms with Crippen LogP contribution in [0, 0.1) is 5.92 Å². The molecule has 1 aromatic heterocycles. The third-order valence-corrected chi connectivity index (χ3v) is 1.74. The quantitative estimate of drug-likeness (QED) is 0.623. The third-order valence-electron chi connectivity index (χ3n) is 1.74. The van der Waals surface area contributed by atoms with Crippen LogP contribution in [0.5, 0.6) is 0 Å². The number of nitrogens with zero attached hydrogens (tertiary/aromatic N) is 1. The molecule has 0 saturated heterocycles. The van der Waals surface area contributed by atoms with E-state index in [1.165, 1.54) is 6.20 Å². The molecule has 0 aliphatic rings. The minimum Gasteiger partial charge on any atom is -0.353 e. The van der Waals surface area contributed by atoms with Crippen LogP contribution < -0.4 is 0 Å². The molecule has 0 aromatic carbocycles. The summed E-state index contributed by atoms with van der Waals surface area (Å²) < 4.78 is 4.72. The van der Waals surface area contributed by atoms with E-state index < -0.39 is 0 Å². The van der Waals surface area contributed by atoms with E-state index >= 15 is 0 Å². The fourth-order valence-electron chi connectivity index (χ4n) is 0.771. The average Bonchev–Trinajstić information content (AvgIpc) is 2.53. The van der Waals surface area contributed by atoms with Crippen molar-refractivity contribution in [1.29, 1.82) is 0 Å². The van der Waals surface area contributed by atoms with Gasteiger partial charge in [0.25, 0.3) is 0 Å². The predicted molar refractivity (Wildman–Crippen MR) is 40.3 cm³/mol. The fraction of sp³-hybridized carbons (Fsp3) is 0.500. The Morgan fingerprint density at radius 2 is 2.55 bits per heavy atom. The minimum atomic E-state index is 0.0305. The van der Waals surface area contributed by atoms with Crippen LogP contribution in [-0.2, 0) is 0 Å². The maximum Gasteiger partial charge on any atom is 0.203 e. The summed E-state index contributed by atoms with van der Waals surface area (Å²) >= 11 is 0. The van der Waals surface area contributed by atoms with Crippen LogP contribution >= 0.6 is 0 Å². The molecule has 3 nitrogen and oxygen atoms in total. The Bertz CT molecular complexity index is 228. The molecule has 0 aliphatic heterocycles. The molecule has 0 amide bonds. The molecule has 0 radical (unpaired) electrons. The second kappa shape index (κ2) is 3.32. The van der Waals surface area contributed by atoms with Gasteiger partial charge in [-0.15, -0.1) is 0 Å². The third kappa shape index (κ3) is 1.67. The monoisotopic (exact) mass is 153 g/mol. The van der Waals surface area contributed by atoms with Gasteiger partial charge in [-0.05, 0) is 6.42 Å². The van der Waals surface area contributed by atoms with Crippen molar-refractivity contribution < 1.29 is 9.32 Å². The standard InChI is InChI=1S/C8H11NO2/c1-3-6(2)8(10)7-4-5-9-11-7/h4-6H,3H2,1-2H3. The molecule has 0 fully saturated rings. The van der Waals surface area contributed by atoms with Crippen molar-refractivity contribution in [3.05, 3.63) is 18.0 Å². The second-order valence-corrected chi connectivity index (χ2v) is 2.55. The SMILES string of the molecule is CCC(C)C(=O)c1ccno1. The Morgan fingerprint density at radius 3 is 3.00 bits per heavy atom. The van der Waals surface area contributed by atoms with Crippen molar-refractivity contribution in [2.75, 3.05) is 0 Å². The summed E-state index contributed by atoms with van der Waals surface area (Å²) in [4.78, 5) is 11.3. The van der Waals surface area contributed by atoms with Gasteiger partial charge in [0, 0.05) is 12.0 Å². The predicted octanol–water partition coefficient (Wildman–Crippen LogP) is 1.90. The smallest absolute Gasteiger partial charge is 0.203 e. The molecular formula is C8H11NO2. The lowest BCUT2D eigenvalue weighted by atomic mass is 10.0. The van der Waals surface area contributed by atoms with Gasteiger partial charge in [-0.2, -0.15) is 0 Å². The summed E-state index contributed by atoms with van der Waals surface area (Å²) in [6, 6.07) is 1.59. The van der Waals surface area contributed by atoms with Gasteiger partial charge in [0.05, 0.1) is 6.20 Å². The van der Waals surface area contributed by atoms with E-state index in [4.69, 9.17) is 4.52 Å². The lowest BCUT2D eigenvalue weighted by Crippen LogP contribution is -2.08. The van der Waals surface area contributed by atoms with E-state index in [0.29, 0.717) is 5.76 Å². The Morgan fingerprint density at radius 1 is 1.82 bits per heavy atom. The highest BCUT2D eigenvalue weighted by Crippen LogP contribution is 2.10. The van der Waals surface area contributed by atoms with Crippen LogP contribution in [0.15, 0.2) is 16.8 Å². The van der Waals surface area contributed by atoms with Crippen LogP contribution in [0.2, 0.25) is 0 Å². The van der Waals surface area contributed by atoms with Crippen molar-refractivity contribution in [2.24, 2.45) is 5.92 Å². The molecule has 1 atom stereocenters. The first-order valence-corrected chi connectivity index (χ1v) is 3.70. The molecule has 1 aromatic rings. The first kappa shape index (κ1) is 7.98. The van der Waals surface area contributed by atoms with Gasteiger partial charge in [-0.25, -0.2) is 0 Å². The lowest BCUT2D eigenvalue weighted by Gasteiger charge is -2.01. The highest BCUT2D eigenvalue weighted by molar-refractivity contribution is 5.94. The molecule has 60 valence electrons. The summed E-state index contributed by atoms with van der Waals surface area (Å²) in [6.07, 6.45) is 2.31. The number of ketones is 1. The number of hydrogen-bond donors (Lipinski definition) is 0. The Hall–Kier alpha value is -1.12. The molecule has 1 rings (SSSR count). The van der Waals surface area contributed by atoms with Gasteiger partial charge >= 0.3 is 0 Å². The molecule has 11 heavy (non-hydrogen) atoms. The lowest BCUT2D eigenvalue weighted by molar-refractivity contribution is 0.0889. The van der Waals surface area contributed by atoms with Gasteiger partial charge in [-0.3, -0.25) is 4.79 Å². The maximum atomic E-state index is 11.3. The molecule has 0 N–H and O–H groups in total. The van der Waals surface area contributed by atoms with Crippen LogP contribution in [0.3, 0.4) is 0 Å². The van der Waals surface area contributed by atoms with Crippen molar-refractivity contribution in [2.45, 2.75) is 20.3 Å². The second-order valence-electron chi connectivity index (χ2n) is 2.55. The van der Waals surface area contributed by atoms with Crippen LogP contribution in [-0.4, -0.2) is 10.9 Å². The summed E-state index contributed by atoms with van der Waals surface area (Å²) in [5.41, 5.74) is 0. The van der Waals surface area contributed by atoms with Crippen LogP contribution in [0.25, 0.3) is 0 Å². The molecule has 0 aliphatic carbocycles. The average molecular weight is 153 g/mol. The topological polar surface area (TPSA) is 43.1 Å². The molecule has 0 bridgehead atoms. The highest BCUT2D eigenvalue weighted by atomic mass is 16.5. The van der Waals surface area contributed by atoms with Crippen LogP contribution in [0.4, 0.5) is 0 Å². The summed E-state index contributed by atoms with van der Waals surface area (Å²) in [5.74, 6) is 0.423. The molecule has 0 spiro atoms. The van der Waals surface area contributed by atoms with Gasteiger partial charge in [0.1, 0.15) is 0 Å². The van der Waals surface area contributed by atoms with E-state index in [9.17, 15) is 4.79 Å². The molecule has 3 heteroatoms. The molecule has 1 unspecified atom stereocenters. The Kier molecular flexibility index (Phi) is 2.41. The van der Waals surface area contributed by atoms with E-state index in [1.54, 1.807) is 6.07 Å². The first-order valence-electron chi connectivity index (χ1n) is 3.70. The van der Waals surface area contributed by atoms with Gasteiger partial charge in [0.2, 0.25) is 11.5 Å². The van der Waals surface area contributed by atoms with Crippen molar-refractivity contribution in [3.8, 4) is 0 Å². The molecule has 0 saturated carbocycles. The highest BCUT2D eigenvalue weighted by Gasteiger charge is 2.15. The Labute approximate surface area is 65.4 Å². The number of Topliss-reactive ketones (excluding diaryl/α,β-unsaturated/α-hetero) is 1.